The van der Waals surface area contributed by atoms with Crippen LogP contribution in [-0.4, -0.2) is 40.2 Å². The Balaban J connectivity index is 1.42. The van der Waals surface area contributed by atoms with Gasteiger partial charge < -0.3 is 19.5 Å². The number of aryl methyl sites for hydroxylation is 1. The van der Waals surface area contributed by atoms with Crippen molar-refractivity contribution >= 4 is 17.7 Å². The Labute approximate surface area is 164 Å². The Kier molecular flexibility index (Phi) is 5.96. The summed E-state index contributed by atoms with van der Waals surface area (Å²) in [6.45, 7) is 7.63. The van der Waals surface area contributed by atoms with E-state index in [0.29, 0.717) is 50.7 Å². The lowest BCUT2D eigenvalue weighted by molar-refractivity contribution is -0.116. The zero-order valence-corrected chi connectivity index (χ0v) is 16.5. The van der Waals surface area contributed by atoms with Crippen molar-refractivity contribution in [1.29, 1.82) is 0 Å². The molecule has 2 heterocycles. The van der Waals surface area contributed by atoms with Gasteiger partial charge in [-0.05, 0) is 24.1 Å². The van der Waals surface area contributed by atoms with E-state index in [1.54, 1.807) is 4.90 Å². The van der Waals surface area contributed by atoms with E-state index in [0.717, 1.165) is 11.3 Å². The minimum absolute atomic E-state index is 0.0635. The summed E-state index contributed by atoms with van der Waals surface area (Å²) in [6.07, 6.45) is 1.29. The number of rotatable bonds is 7. The van der Waals surface area contributed by atoms with E-state index in [9.17, 15) is 9.59 Å². The number of carbonyl (C=O) groups excluding carboxylic acids is 2. The van der Waals surface area contributed by atoms with Gasteiger partial charge in [0.2, 0.25) is 11.8 Å². The zero-order chi connectivity index (χ0) is 20.1. The third kappa shape index (κ3) is 5.31. The molecule has 28 heavy (non-hydrogen) atoms. The van der Waals surface area contributed by atoms with E-state index in [1.807, 2.05) is 45.0 Å². The van der Waals surface area contributed by atoms with Crippen LogP contribution in [0.2, 0.25) is 0 Å². The molecule has 150 valence electrons. The largest absolute Gasteiger partial charge is 0.448 e. The first-order valence-electron chi connectivity index (χ1n) is 9.45. The minimum atomic E-state index is -0.284. The van der Waals surface area contributed by atoms with E-state index in [-0.39, 0.29) is 17.4 Å². The van der Waals surface area contributed by atoms with Crippen molar-refractivity contribution in [3.05, 3.63) is 41.5 Å². The molecule has 1 aliphatic heterocycles. The van der Waals surface area contributed by atoms with Gasteiger partial charge in [0, 0.05) is 30.5 Å². The maximum absolute atomic E-state index is 12.1. The van der Waals surface area contributed by atoms with E-state index in [2.05, 4.69) is 15.5 Å². The van der Waals surface area contributed by atoms with E-state index in [4.69, 9.17) is 9.26 Å². The summed E-state index contributed by atoms with van der Waals surface area (Å²) in [6, 6.07) is 7.46. The van der Waals surface area contributed by atoms with Crippen LogP contribution < -0.4 is 5.32 Å². The average Bonchev–Trinajstić information content (AvgIpc) is 3.26. The second-order valence-corrected chi connectivity index (χ2v) is 7.90. The number of aromatic nitrogens is 2. The Bertz CT molecular complexity index is 823. The lowest BCUT2D eigenvalue weighted by Gasteiger charge is -2.13. The molecule has 0 radical (unpaired) electrons. The molecule has 3 rings (SSSR count). The second kappa shape index (κ2) is 8.41. The number of hydrogen-bond donors (Lipinski definition) is 1. The van der Waals surface area contributed by atoms with E-state index >= 15 is 0 Å². The summed E-state index contributed by atoms with van der Waals surface area (Å²) in [4.78, 5) is 29.6. The van der Waals surface area contributed by atoms with E-state index in [1.165, 1.54) is 0 Å². The molecule has 0 unspecified atom stereocenters. The molecule has 8 nitrogen and oxygen atoms in total. The summed E-state index contributed by atoms with van der Waals surface area (Å²) in [5.41, 5.74) is 1.56. The van der Waals surface area contributed by atoms with Crippen LogP contribution in [0.4, 0.5) is 10.5 Å². The summed E-state index contributed by atoms with van der Waals surface area (Å²) >= 11 is 0. The number of amides is 2. The van der Waals surface area contributed by atoms with Gasteiger partial charge in [-0.2, -0.15) is 4.98 Å². The number of anilines is 1. The molecule has 0 atom stereocenters. The summed E-state index contributed by atoms with van der Waals surface area (Å²) < 4.78 is 10.2. The van der Waals surface area contributed by atoms with Crippen molar-refractivity contribution in [3.63, 3.8) is 0 Å². The Morgan fingerprint density at radius 3 is 2.61 bits per heavy atom. The van der Waals surface area contributed by atoms with Gasteiger partial charge in [0.05, 0.1) is 6.54 Å². The minimum Gasteiger partial charge on any atom is -0.448 e. The van der Waals surface area contributed by atoms with Gasteiger partial charge >= 0.3 is 6.09 Å². The highest BCUT2D eigenvalue weighted by Gasteiger charge is 2.22. The Morgan fingerprint density at radius 1 is 1.25 bits per heavy atom. The molecule has 1 saturated heterocycles. The molecule has 0 saturated carbocycles. The number of nitrogens with zero attached hydrogens (tertiary/aromatic N) is 3. The van der Waals surface area contributed by atoms with E-state index < -0.39 is 0 Å². The predicted molar refractivity (Wildman–Crippen MR) is 103 cm³/mol. The standard InChI is InChI=1S/C20H26N4O4/c1-20(2,3)18-22-17(28-23-18)6-4-5-16(25)21-15-9-7-14(8-10-15)13-24-11-12-27-19(24)26/h7-10H,4-6,11-13H2,1-3H3,(H,21,25). The first-order valence-corrected chi connectivity index (χ1v) is 9.45. The van der Waals surface area contributed by atoms with Crippen LogP contribution in [0, 0.1) is 0 Å². The van der Waals surface area contributed by atoms with Crippen molar-refractivity contribution in [2.45, 2.75) is 52.0 Å². The van der Waals surface area contributed by atoms with Crippen LogP contribution in [0.5, 0.6) is 0 Å². The molecule has 1 fully saturated rings. The van der Waals surface area contributed by atoms with Crippen molar-refractivity contribution in [1.82, 2.24) is 15.0 Å². The number of benzene rings is 1. The van der Waals surface area contributed by atoms with Gasteiger partial charge in [0.15, 0.2) is 5.82 Å². The number of hydrogen-bond acceptors (Lipinski definition) is 6. The lowest BCUT2D eigenvalue weighted by atomic mass is 9.96. The third-order valence-electron chi connectivity index (χ3n) is 4.39. The molecular formula is C20H26N4O4. The van der Waals surface area contributed by atoms with Crippen LogP contribution in [0.25, 0.3) is 0 Å². The molecule has 2 amide bonds. The van der Waals surface area contributed by atoms with Gasteiger partial charge in [-0.3, -0.25) is 4.79 Å². The molecular weight excluding hydrogens is 360 g/mol. The third-order valence-corrected chi connectivity index (χ3v) is 4.39. The highest BCUT2D eigenvalue weighted by Crippen LogP contribution is 2.19. The Morgan fingerprint density at radius 2 is 2.00 bits per heavy atom. The number of carbonyl (C=O) groups is 2. The average molecular weight is 386 g/mol. The van der Waals surface area contributed by atoms with Crippen molar-refractivity contribution in [3.8, 4) is 0 Å². The summed E-state index contributed by atoms with van der Waals surface area (Å²) in [5, 5.41) is 6.86. The maximum Gasteiger partial charge on any atom is 0.410 e. The molecule has 0 spiro atoms. The molecule has 1 aliphatic rings. The van der Waals surface area contributed by atoms with Gasteiger partial charge in [0.25, 0.3) is 0 Å². The number of cyclic esters (lactones) is 1. The Hall–Kier alpha value is -2.90. The highest BCUT2D eigenvalue weighted by atomic mass is 16.6. The van der Waals surface area contributed by atoms with Gasteiger partial charge in [0.1, 0.15) is 6.61 Å². The van der Waals surface area contributed by atoms with Gasteiger partial charge in [-0.1, -0.05) is 38.1 Å². The lowest BCUT2D eigenvalue weighted by Crippen LogP contribution is -2.23. The summed E-state index contributed by atoms with van der Waals surface area (Å²) in [7, 11) is 0. The molecule has 1 N–H and O–H groups in total. The fourth-order valence-electron chi connectivity index (χ4n) is 2.77. The van der Waals surface area contributed by atoms with Gasteiger partial charge in [-0.25, -0.2) is 4.79 Å². The monoisotopic (exact) mass is 386 g/mol. The topological polar surface area (TPSA) is 97.6 Å². The molecule has 8 heteroatoms. The van der Waals surface area contributed by atoms with Crippen LogP contribution >= 0.6 is 0 Å². The molecule has 1 aromatic carbocycles. The van der Waals surface area contributed by atoms with Crippen LogP contribution in [0.3, 0.4) is 0 Å². The first kappa shape index (κ1) is 19.9. The van der Waals surface area contributed by atoms with Crippen LogP contribution in [-0.2, 0) is 27.9 Å². The maximum atomic E-state index is 12.1. The number of ether oxygens (including phenoxy) is 1. The van der Waals surface area contributed by atoms with Crippen molar-refractivity contribution in [2.24, 2.45) is 0 Å². The molecule has 2 aromatic rings. The van der Waals surface area contributed by atoms with Crippen LogP contribution in [0.15, 0.2) is 28.8 Å². The molecule has 0 aliphatic carbocycles. The predicted octanol–water partition coefficient (Wildman–Crippen LogP) is 3.28. The van der Waals surface area contributed by atoms with Crippen LogP contribution in [0.1, 0.15) is 50.9 Å². The quantitative estimate of drug-likeness (QED) is 0.784. The zero-order valence-electron chi connectivity index (χ0n) is 16.5. The smallest absolute Gasteiger partial charge is 0.410 e. The SMILES string of the molecule is CC(C)(C)c1noc(CCCC(=O)Nc2ccc(CN3CCOC3=O)cc2)n1. The fraction of sp³-hybridized carbons (Fsp3) is 0.500. The van der Waals surface area contributed by atoms with Crippen molar-refractivity contribution in [2.75, 3.05) is 18.5 Å². The fourth-order valence-corrected chi connectivity index (χ4v) is 2.77. The van der Waals surface area contributed by atoms with Gasteiger partial charge in [-0.15, -0.1) is 0 Å². The first-order chi connectivity index (χ1) is 13.3. The van der Waals surface area contributed by atoms with Crippen molar-refractivity contribution < 1.29 is 18.8 Å². The molecule has 0 bridgehead atoms. The normalized spacial score (nSPS) is 14.2. The highest BCUT2D eigenvalue weighted by molar-refractivity contribution is 5.90. The summed E-state index contributed by atoms with van der Waals surface area (Å²) in [5.74, 6) is 1.17. The molecule has 1 aromatic heterocycles. The number of nitrogens with one attached hydrogen (secondary N) is 1. The second-order valence-electron chi connectivity index (χ2n) is 7.90.